The van der Waals surface area contributed by atoms with Gasteiger partial charge in [-0.3, -0.25) is 9.36 Å². The molecule has 0 aliphatic carbocycles. The first kappa shape index (κ1) is 25.8. The molecule has 0 fully saturated rings. The van der Waals surface area contributed by atoms with Crippen molar-refractivity contribution in [2.45, 2.75) is 32.9 Å². The van der Waals surface area contributed by atoms with Gasteiger partial charge >= 0.3 is 5.97 Å². The number of hydrogen-bond acceptors (Lipinski definition) is 7. The summed E-state index contributed by atoms with van der Waals surface area (Å²) in [5, 5.41) is 0.606. The minimum Gasteiger partial charge on any atom is -0.497 e. The molecule has 2 aromatic carbocycles. The predicted molar refractivity (Wildman–Crippen MR) is 147 cm³/mol. The Morgan fingerprint density at radius 2 is 1.92 bits per heavy atom. The topological polar surface area (TPSA) is 83.0 Å². The maximum Gasteiger partial charge on any atom is 0.338 e. The molecule has 0 saturated carbocycles. The number of carbonyl (C=O) groups excluding carboxylic acids is 1. The standard InChI is InChI=1S/C29H25ClN2O5S/c1-16(2)36-28(34)25-17(3)31-29-32(26(25)18-8-10-21(35-4)11-9-18)27(33)24(38-29)15-22-12-13-23(37-22)19-6-5-7-20(30)14-19/h5-16,26H,1-4H3/b24-15+. The molecule has 1 aliphatic heterocycles. The third-order valence-corrected chi connectivity index (χ3v) is 7.24. The number of rotatable bonds is 6. The van der Waals surface area contributed by atoms with Crippen LogP contribution < -0.4 is 19.6 Å². The summed E-state index contributed by atoms with van der Waals surface area (Å²) >= 11 is 7.36. The number of methoxy groups -OCH3 is 1. The van der Waals surface area contributed by atoms with Crippen LogP contribution in [-0.2, 0) is 9.53 Å². The number of carbonyl (C=O) groups is 1. The lowest BCUT2D eigenvalue weighted by molar-refractivity contribution is -0.143. The average Bonchev–Trinajstić information content (AvgIpc) is 3.47. The Kier molecular flexibility index (Phi) is 7.10. The number of fused-ring (bicyclic) bond motifs is 1. The largest absolute Gasteiger partial charge is 0.497 e. The van der Waals surface area contributed by atoms with Gasteiger partial charge in [-0.15, -0.1) is 0 Å². The van der Waals surface area contributed by atoms with Gasteiger partial charge in [-0.1, -0.05) is 47.2 Å². The first-order valence-corrected chi connectivity index (χ1v) is 13.2. The number of allylic oxidation sites excluding steroid dienone is 1. The number of halogens is 1. The molecule has 3 heterocycles. The highest BCUT2D eigenvalue weighted by Crippen LogP contribution is 2.32. The number of aromatic nitrogens is 1. The zero-order chi connectivity index (χ0) is 27.0. The van der Waals surface area contributed by atoms with E-state index in [9.17, 15) is 9.59 Å². The normalized spacial score (nSPS) is 15.4. The fraction of sp³-hybridized carbons (Fsp3) is 0.207. The third kappa shape index (κ3) is 4.97. The van der Waals surface area contributed by atoms with Crippen molar-refractivity contribution in [3.8, 4) is 17.1 Å². The molecule has 1 unspecified atom stereocenters. The Morgan fingerprint density at radius 3 is 2.61 bits per heavy atom. The molecule has 0 N–H and O–H groups in total. The van der Waals surface area contributed by atoms with Crippen LogP contribution in [0.25, 0.3) is 17.4 Å². The minimum atomic E-state index is -0.704. The summed E-state index contributed by atoms with van der Waals surface area (Å²) in [5.41, 5.74) is 2.12. The number of thiazole rings is 1. The molecular weight excluding hydrogens is 524 g/mol. The van der Waals surface area contributed by atoms with Crippen molar-refractivity contribution in [3.63, 3.8) is 0 Å². The maximum atomic E-state index is 13.8. The molecule has 9 heteroatoms. The lowest BCUT2D eigenvalue weighted by atomic mass is 9.96. The molecule has 1 aliphatic rings. The van der Waals surface area contributed by atoms with Gasteiger partial charge in [-0.2, -0.15) is 0 Å². The SMILES string of the molecule is COc1ccc(C2C(C(=O)OC(C)C)=C(C)N=c3s/c(=C/c4ccc(-c5cccc(Cl)c5)o4)c(=O)n32)cc1. The van der Waals surface area contributed by atoms with Gasteiger partial charge in [0.2, 0.25) is 0 Å². The van der Waals surface area contributed by atoms with Crippen LogP contribution in [0.4, 0.5) is 0 Å². The van der Waals surface area contributed by atoms with E-state index < -0.39 is 12.0 Å². The lowest BCUT2D eigenvalue weighted by Crippen LogP contribution is -2.40. The van der Waals surface area contributed by atoms with E-state index in [2.05, 4.69) is 4.99 Å². The van der Waals surface area contributed by atoms with Crippen LogP contribution in [0.15, 0.2) is 86.1 Å². The highest BCUT2D eigenvalue weighted by atomic mass is 35.5. The van der Waals surface area contributed by atoms with Crippen molar-refractivity contribution in [1.82, 2.24) is 4.57 Å². The molecule has 0 amide bonds. The quantitative estimate of drug-likeness (QED) is 0.313. The Morgan fingerprint density at radius 1 is 1.16 bits per heavy atom. The first-order chi connectivity index (χ1) is 18.2. The summed E-state index contributed by atoms with van der Waals surface area (Å²) < 4.78 is 18.8. The first-order valence-electron chi connectivity index (χ1n) is 12.0. The molecule has 38 heavy (non-hydrogen) atoms. The number of ether oxygens (including phenoxy) is 2. The second kappa shape index (κ2) is 10.5. The minimum absolute atomic E-state index is 0.280. The molecule has 0 spiro atoms. The van der Waals surface area contributed by atoms with Gasteiger partial charge < -0.3 is 13.9 Å². The van der Waals surface area contributed by atoms with Crippen molar-refractivity contribution < 1.29 is 18.7 Å². The molecule has 194 valence electrons. The third-order valence-electron chi connectivity index (χ3n) is 6.03. The molecule has 0 saturated heterocycles. The van der Waals surface area contributed by atoms with Crippen LogP contribution in [0.1, 0.15) is 38.1 Å². The molecule has 2 aromatic heterocycles. The van der Waals surface area contributed by atoms with E-state index >= 15 is 0 Å². The fourth-order valence-corrected chi connectivity index (χ4v) is 5.54. The number of nitrogens with zero attached hydrogens (tertiary/aromatic N) is 2. The summed E-state index contributed by atoms with van der Waals surface area (Å²) in [6.45, 7) is 5.33. The van der Waals surface area contributed by atoms with E-state index in [1.807, 2.05) is 36.4 Å². The van der Waals surface area contributed by atoms with Crippen LogP contribution >= 0.6 is 22.9 Å². The van der Waals surface area contributed by atoms with Crippen molar-refractivity contribution in [2.24, 2.45) is 4.99 Å². The van der Waals surface area contributed by atoms with Crippen molar-refractivity contribution in [3.05, 3.63) is 108 Å². The molecule has 0 bridgehead atoms. The van der Waals surface area contributed by atoms with E-state index in [4.69, 9.17) is 25.5 Å². The highest BCUT2D eigenvalue weighted by molar-refractivity contribution is 7.07. The van der Waals surface area contributed by atoms with Gasteiger partial charge in [0.1, 0.15) is 17.3 Å². The second-order valence-corrected chi connectivity index (χ2v) is 10.5. The fourth-order valence-electron chi connectivity index (χ4n) is 4.32. The summed E-state index contributed by atoms with van der Waals surface area (Å²) in [6.07, 6.45) is 1.37. The Balaban J connectivity index is 1.63. The summed E-state index contributed by atoms with van der Waals surface area (Å²) in [7, 11) is 1.58. The zero-order valence-corrected chi connectivity index (χ0v) is 22.8. The van der Waals surface area contributed by atoms with Crippen LogP contribution in [0.2, 0.25) is 5.02 Å². The summed E-state index contributed by atoms with van der Waals surface area (Å²) in [4.78, 5) is 32.1. The zero-order valence-electron chi connectivity index (χ0n) is 21.2. The van der Waals surface area contributed by atoms with Gasteiger partial charge in [0, 0.05) is 16.7 Å². The van der Waals surface area contributed by atoms with Crippen LogP contribution in [0.3, 0.4) is 0 Å². The van der Waals surface area contributed by atoms with Gasteiger partial charge in [0.05, 0.1) is 35.1 Å². The molecule has 4 aromatic rings. The lowest BCUT2D eigenvalue weighted by Gasteiger charge is -2.25. The van der Waals surface area contributed by atoms with Crippen LogP contribution in [0.5, 0.6) is 5.75 Å². The molecule has 5 rings (SSSR count). The monoisotopic (exact) mass is 548 g/mol. The molecule has 0 radical (unpaired) electrons. The summed E-state index contributed by atoms with van der Waals surface area (Å²) in [5.74, 6) is 1.31. The average molecular weight is 549 g/mol. The van der Waals surface area contributed by atoms with E-state index in [-0.39, 0.29) is 11.7 Å². The number of benzene rings is 2. The Labute approximate surface area is 227 Å². The molecule has 1 atom stereocenters. The van der Waals surface area contributed by atoms with Crippen molar-refractivity contribution in [2.75, 3.05) is 7.11 Å². The highest BCUT2D eigenvalue weighted by Gasteiger charge is 2.33. The van der Waals surface area contributed by atoms with Crippen LogP contribution in [-0.4, -0.2) is 23.8 Å². The van der Waals surface area contributed by atoms with E-state index in [0.717, 1.165) is 11.1 Å². The number of esters is 1. The van der Waals surface area contributed by atoms with E-state index in [1.165, 1.54) is 11.3 Å². The van der Waals surface area contributed by atoms with Crippen molar-refractivity contribution in [1.29, 1.82) is 0 Å². The Hall–Kier alpha value is -3.88. The summed E-state index contributed by atoms with van der Waals surface area (Å²) in [6, 6.07) is 17.6. The molecular formula is C29H25ClN2O5S. The van der Waals surface area contributed by atoms with E-state index in [1.54, 1.807) is 62.8 Å². The smallest absolute Gasteiger partial charge is 0.338 e. The number of hydrogen-bond donors (Lipinski definition) is 0. The van der Waals surface area contributed by atoms with E-state index in [0.29, 0.717) is 42.9 Å². The van der Waals surface area contributed by atoms with Gasteiger partial charge in [0.15, 0.2) is 4.80 Å². The number of furan rings is 1. The van der Waals surface area contributed by atoms with Gasteiger partial charge in [0.25, 0.3) is 5.56 Å². The predicted octanol–water partition coefficient (Wildman–Crippen LogP) is 5.11. The van der Waals surface area contributed by atoms with Gasteiger partial charge in [-0.25, -0.2) is 9.79 Å². The van der Waals surface area contributed by atoms with Gasteiger partial charge in [-0.05, 0) is 62.7 Å². The second-order valence-electron chi connectivity index (χ2n) is 9.02. The van der Waals surface area contributed by atoms with Crippen LogP contribution in [0, 0.1) is 0 Å². The van der Waals surface area contributed by atoms with Crippen molar-refractivity contribution >= 4 is 35.0 Å². The molecule has 7 nitrogen and oxygen atoms in total. The Bertz CT molecular complexity index is 1730. The maximum absolute atomic E-state index is 13.8.